The summed E-state index contributed by atoms with van der Waals surface area (Å²) < 4.78 is 29.9. The van der Waals surface area contributed by atoms with Crippen molar-refractivity contribution in [3.05, 3.63) is 18.7 Å². The molecule has 1 fully saturated rings. The smallest absolute Gasteiger partial charge is 0.337 e. The van der Waals surface area contributed by atoms with Gasteiger partial charge in [-0.1, -0.05) is 6.92 Å². The number of nitrogens with zero attached hydrogens (tertiary/aromatic N) is 2. The number of imidazole rings is 1. The van der Waals surface area contributed by atoms with Gasteiger partial charge in [-0.25, -0.2) is 9.78 Å². The first kappa shape index (κ1) is 23.7. The second kappa shape index (κ2) is 9.94. The minimum Gasteiger partial charge on any atom is -0.467 e. The Balaban J connectivity index is 2.30. The number of methoxy groups -OCH3 is 1. The summed E-state index contributed by atoms with van der Waals surface area (Å²) in [6.07, 6.45) is 0.931. The molecule has 29 heavy (non-hydrogen) atoms. The molecule has 10 heteroatoms. The molecule has 0 amide bonds. The highest BCUT2D eigenvalue weighted by atomic mass is 32.1. The highest BCUT2D eigenvalue weighted by Gasteiger charge is 2.46. The van der Waals surface area contributed by atoms with Crippen LogP contribution in [-0.2, 0) is 28.5 Å². The predicted molar refractivity (Wildman–Crippen MR) is 107 cm³/mol. The molecule has 1 aliphatic heterocycles. The van der Waals surface area contributed by atoms with Crippen LogP contribution in [0.25, 0.3) is 0 Å². The summed E-state index contributed by atoms with van der Waals surface area (Å²) >= 11 is 5.39. The lowest BCUT2D eigenvalue weighted by Gasteiger charge is -2.36. The number of hydrogen-bond acceptors (Lipinski definition) is 9. The average molecular weight is 431 g/mol. The van der Waals surface area contributed by atoms with Crippen molar-refractivity contribution >= 4 is 23.4 Å². The van der Waals surface area contributed by atoms with Crippen molar-refractivity contribution in [1.29, 1.82) is 0 Å². The van der Waals surface area contributed by atoms with Crippen LogP contribution in [0.4, 0.5) is 0 Å². The second-order valence-electron chi connectivity index (χ2n) is 7.66. The maximum absolute atomic E-state index is 12.0. The molecule has 0 radical (unpaired) electrons. The lowest BCUT2D eigenvalue weighted by atomic mass is 9.90. The number of aliphatic hydroxyl groups is 1. The van der Waals surface area contributed by atoms with Gasteiger partial charge in [-0.3, -0.25) is 4.57 Å². The molecule has 0 bridgehead atoms. The van der Waals surface area contributed by atoms with E-state index >= 15 is 0 Å². The number of aliphatic hydroxyl groups excluding tert-OH is 1. The quantitative estimate of drug-likeness (QED) is 0.486. The molecule has 0 saturated carbocycles. The molecule has 2 heterocycles. The molecule has 9 nitrogen and oxygen atoms in total. The number of carbonyl (C=O) groups excluding carboxylic acids is 1. The number of rotatable bonds is 8. The zero-order valence-corrected chi connectivity index (χ0v) is 18.4. The fraction of sp³-hybridized carbons (Fsp3) is 0.737. The van der Waals surface area contributed by atoms with Gasteiger partial charge in [0.05, 0.1) is 19.8 Å². The van der Waals surface area contributed by atoms with E-state index in [1.165, 1.54) is 13.4 Å². The van der Waals surface area contributed by atoms with E-state index in [1.54, 1.807) is 37.7 Å². The zero-order valence-electron chi connectivity index (χ0n) is 17.6. The van der Waals surface area contributed by atoms with Gasteiger partial charge in [-0.05, 0) is 39.9 Å². The lowest BCUT2D eigenvalue weighted by Crippen LogP contribution is -2.51. The van der Waals surface area contributed by atoms with E-state index in [1.807, 2.05) is 13.8 Å². The third-order valence-corrected chi connectivity index (χ3v) is 4.88. The van der Waals surface area contributed by atoms with Gasteiger partial charge in [0.25, 0.3) is 5.17 Å². The highest BCUT2D eigenvalue weighted by molar-refractivity contribution is 7.80. The molecule has 164 valence electrons. The Morgan fingerprint density at radius 1 is 1.38 bits per heavy atom. The van der Waals surface area contributed by atoms with Crippen LogP contribution in [0.2, 0.25) is 0 Å². The Hall–Kier alpha value is -1.59. The molecular weight excluding hydrogens is 400 g/mol. The number of ether oxygens (including phenoxy) is 5. The topological polar surface area (TPSA) is 101 Å². The van der Waals surface area contributed by atoms with Gasteiger partial charge in [0, 0.05) is 18.3 Å². The summed E-state index contributed by atoms with van der Waals surface area (Å²) in [6.45, 7) is 9.29. The largest absolute Gasteiger partial charge is 0.467 e. The summed E-state index contributed by atoms with van der Waals surface area (Å²) in [5.41, 5.74) is 0. The van der Waals surface area contributed by atoms with E-state index in [0.29, 0.717) is 0 Å². The van der Waals surface area contributed by atoms with Crippen molar-refractivity contribution in [3.8, 4) is 0 Å². The van der Waals surface area contributed by atoms with Crippen LogP contribution >= 0.6 is 12.2 Å². The monoisotopic (exact) mass is 430 g/mol. The van der Waals surface area contributed by atoms with Crippen molar-refractivity contribution < 1.29 is 33.6 Å². The maximum Gasteiger partial charge on any atom is 0.337 e. The first-order valence-corrected chi connectivity index (χ1v) is 9.88. The van der Waals surface area contributed by atoms with Crippen LogP contribution in [0.15, 0.2) is 18.7 Å². The van der Waals surface area contributed by atoms with Gasteiger partial charge in [-0.15, -0.1) is 0 Å². The van der Waals surface area contributed by atoms with Crippen LogP contribution in [0.1, 0.15) is 34.6 Å². The third kappa shape index (κ3) is 6.19. The molecule has 0 aromatic carbocycles. The first-order valence-electron chi connectivity index (χ1n) is 9.47. The zero-order chi connectivity index (χ0) is 21.8. The Morgan fingerprint density at radius 3 is 2.55 bits per heavy atom. The average Bonchev–Trinajstić information content (AvgIpc) is 3.31. The van der Waals surface area contributed by atoms with Crippen LogP contribution in [0.3, 0.4) is 0 Å². The predicted octanol–water partition coefficient (Wildman–Crippen LogP) is 1.52. The van der Waals surface area contributed by atoms with Crippen LogP contribution in [0.5, 0.6) is 0 Å². The van der Waals surface area contributed by atoms with Crippen molar-refractivity contribution in [3.63, 3.8) is 0 Å². The van der Waals surface area contributed by atoms with Crippen molar-refractivity contribution in [2.24, 2.45) is 5.92 Å². The van der Waals surface area contributed by atoms with Gasteiger partial charge in [-0.2, -0.15) is 0 Å². The Morgan fingerprint density at radius 2 is 2.07 bits per heavy atom. The van der Waals surface area contributed by atoms with E-state index < -0.39 is 42.1 Å². The molecule has 1 N–H and O–H groups in total. The molecule has 0 unspecified atom stereocenters. The van der Waals surface area contributed by atoms with Crippen molar-refractivity contribution in [2.75, 3.05) is 13.7 Å². The Kier molecular flexibility index (Phi) is 8.12. The summed E-state index contributed by atoms with van der Waals surface area (Å²) in [4.78, 5) is 16.0. The maximum atomic E-state index is 12.0. The molecule has 1 aliphatic rings. The molecule has 1 aromatic rings. The van der Waals surface area contributed by atoms with E-state index in [2.05, 4.69) is 4.98 Å². The van der Waals surface area contributed by atoms with E-state index in [0.717, 1.165) is 0 Å². The van der Waals surface area contributed by atoms with E-state index in [4.69, 9.17) is 35.9 Å². The second-order valence-corrected chi connectivity index (χ2v) is 8.01. The number of carbonyl (C=O) groups is 1. The Bertz CT molecular complexity index is 680. The summed E-state index contributed by atoms with van der Waals surface area (Å²) in [5, 5.41) is 10.7. The minimum absolute atomic E-state index is 0.156. The molecule has 0 spiro atoms. The van der Waals surface area contributed by atoms with Crippen LogP contribution in [0, 0.1) is 5.92 Å². The molecule has 0 aliphatic carbocycles. The van der Waals surface area contributed by atoms with Gasteiger partial charge in [0.2, 0.25) is 0 Å². The van der Waals surface area contributed by atoms with Crippen molar-refractivity contribution in [2.45, 2.75) is 70.9 Å². The molecule has 5 atom stereocenters. The normalized spacial score (nSPS) is 22.7. The number of aromatic nitrogens is 2. The van der Waals surface area contributed by atoms with E-state index in [-0.39, 0.29) is 17.9 Å². The highest BCUT2D eigenvalue weighted by Crippen LogP contribution is 2.31. The SMILES string of the molecule is COC(=O)[C@H](O)[C@@H](OC(C)C)[C@H](C)[C@@H](OC(=S)n1ccnc1)[C@@H]1COC(C)(C)O1. The number of esters is 1. The molecule has 1 aromatic heterocycles. The van der Waals surface area contributed by atoms with Gasteiger partial charge in [0.15, 0.2) is 11.9 Å². The summed E-state index contributed by atoms with van der Waals surface area (Å²) in [5.74, 6) is -2.09. The molecular formula is C19H30N2O7S. The van der Waals surface area contributed by atoms with E-state index in [9.17, 15) is 9.90 Å². The molecule has 2 rings (SSSR count). The number of thiocarbonyl (C=S) groups is 1. The van der Waals surface area contributed by atoms with Crippen molar-refractivity contribution in [1.82, 2.24) is 9.55 Å². The van der Waals surface area contributed by atoms with Gasteiger partial charge in [0.1, 0.15) is 24.6 Å². The fourth-order valence-electron chi connectivity index (χ4n) is 3.19. The lowest BCUT2D eigenvalue weighted by molar-refractivity contribution is -0.179. The standard InChI is InChI=1S/C19H30N2O7S/c1-11(2)26-16(14(22)17(23)24-6)12(3)15(13-9-25-19(4,5)28-13)27-18(29)21-8-7-20-10-21/h7-8,10-16,22H,9H2,1-6H3/t12-,13+,14-,15-,16+/m1/s1. The van der Waals surface area contributed by atoms with Crippen LogP contribution in [-0.4, -0.2) is 75.8 Å². The summed E-state index contributed by atoms with van der Waals surface area (Å²) in [6, 6.07) is 0. The van der Waals surface area contributed by atoms with Crippen LogP contribution < -0.4 is 0 Å². The summed E-state index contributed by atoms with van der Waals surface area (Å²) in [7, 11) is 1.21. The minimum atomic E-state index is -1.50. The third-order valence-electron chi connectivity index (χ3n) is 4.57. The molecule has 1 saturated heterocycles. The Labute approximate surface area is 176 Å². The first-order chi connectivity index (χ1) is 13.6. The van der Waals surface area contributed by atoms with Gasteiger partial charge < -0.3 is 28.8 Å². The van der Waals surface area contributed by atoms with Gasteiger partial charge >= 0.3 is 5.97 Å². The fourth-order valence-corrected chi connectivity index (χ4v) is 3.40. The number of hydrogen-bond donors (Lipinski definition) is 1.